The second-order valence-electron chi connectivity index (χ2n) is 6.68. The molecule has 2 amide bonds. The molecule has 2 aliphatic rings. The monoisotopic (exact) mass is 579 g/mol. The number of oxime groups is 1. The zero-order valence-electron chi connectivity index (χ0n) is 17.5. The minimum atomic E-state index is -1.21. The number of fused-ring (bicyclic) bond motifs is 1. The van der Waals surface area contributed by atoms with Crippen molar-refractivity contribution in [3.05, 3.63) is 27.9 Å². The van der Waals surface area contributed by atoms with Gasteiger partial charge >= 0.3 is 5.97 Å². The Bertz CT molecular complexity index is 1160. The maximum Gasteiger partial charge on any atom is 0.352 e. The average Bonchev–Trinajstić information content (AvgIpc) is 3.49. The maximum atomic E-state index is 12.9. The summed E-state index contributed by atoms with van der Waals surface area (Å²) < 4.78 is 0.697. The maximum absolute atomic E-state index is 12.9. The largest absolute Gasteiger partial charge is 0.477 e. The van der Waals surface area contributed by atoms with Crippen molar-refractivity contribution < 1.29 is 29.4 Å². The van der Waals surface area contributed by atoms with Gasteiger partial charge in [-0.05, 0) is 5.57 Å². The molecule has 1 saturated heterocycles. The molecule has 18 heteroatoms. The molecule has 13 nitrogen and oxygen atoms in total. The van der Waals surface area contributed by atoms with Crippen LogP contribution in [0.1, 0.15) is 5.69 Å². The fourth-order valence-electron chi connectivity index (χ4n) is 3.13. The molecule has 188 valence electrons. The lowest BCUT2D eigenvalue weighted by Crippen LogP contribution is -2.71. The van der Waals surface area contributed by atoms with Crippen molar-refractivity contribution in [1.82, 2.24) is 25.4 Å². The Morgan fingerprint density at radius 2 is 2.20 bits per heavy atom. The molecule has 0 aromatic carbocycles. The van der Waals surface area contributed by atoms with E-state index in [0.29, 0.717) is 21.4 Å². The van der Waals surface area contributed by atoms with Crippen LogP contribution in [0.5, 0.6) is 0 Å². The highest BCUT2D eigenvalue weighted by molar-refractivity contribution is 8.01. The van der Waals surface area contributed by atoms with Gasteiger partial charge < -0.3 is 26.1 Å². The van der Waals surface area contributed by atoms with Gasteiger partial charge in [-0.1, -0.05) is 28.3 Å². The standard InChI is InChI=1S/C17H17N7O6S4.ClH/c18-16-20-8(5-32-16)9(23-30-2-1-25)12(26)21-10-13(27)24-11(15(28)29)7(3-31-14(10)24)4-33-17-22-19-6-34-17;/h5-6,10,14,25H,1-4H2,(H2,18,20)(H,21,26)(H,28,29);1H/b23-9-;/t10?,14-;/m1./s1. The smallest absolute Gasteiger partial charge is 0.352 e. The van der Waals surface area contributed by atoms with Crippen molar-refractivity contribution in [2.24, 2.45) is 5.16 Å². The normalized spacial score (nSPS) is 19.5. The Hall–Kier alpha value is -2.44. The van der Waals surface area contributed by atoms with E-state index >= 15 is 0 Å². The minimum absolute atomic E-state index is 0. The molecular weight excluding hydrogens is 562 g/mol. The number of aromatic nitrogens is 3. The summed E-state index contributed by atoms with van der Waals surface area (Å²) in [4.78, 5) is 47.9. The predicted molar refractivity (Wildman–Crippen MR) is 134 cm³/mol. The zero-order chi connectivity index (χ0) is 24.2. The topological polar surface area (TPSA) is 193 Å². The van der Waals surface area contributed by atoms with Gasteiger partial charge in [0.2, 0.25) is 0 Å². The van der Waals surface area contributed by atoms with Gasteiger partial charge in [0, 0.05) is 16.9 Å². The molecule has 2 aromatic heterocycles. The Morgan fingerprint density at radius 3 is 2.83 bits per heavy atom. The lowest BCUT2D eigenvalue weighted by atomic mass is 10.0. The Morgan fingerprint density at radius 1 is 1.40 bits per heavy atom. The van der Waals surface area contributed by atoms with Crippen molar-refractivity contribution in [2.75, 3.05) is 30.5 Å². The molecule has 1 fully saturated rings. The number of thioether (sulfide) groups is 2. The summed E-state index contributed by atoms with van der Waals surface area (Å²) in [7, 11) is 0. The van der Waals surface area contributed by atoms with E-state index in [-0.39, 0.29) is 47.9 Å². The van der Waals surface area contributed by atoms with Gasteiger partial charge in [-0.25, -0.2) is 9.78 Å². The van der Waals surface area contributed by atoms with Crippen molar-refractivity contribution in [2.45, 2.75) is 15.8 Å². The van der Waals surface area contributed by atoms with Crippen molar-refractivity contribution >= 4 is 87.2 Å². The van der Waals surface area contributed by atoms with Crippen LogP contribution in [0.15, 0.2) is 31.7 Å². The molecule has 0 bridgehead atoms. The third-order valence-corrected chi connectivity index (χ3v) is 8.52. The number of halogens is 1. The van der Waals surface area contributed by atoms with E-state index < -0.39 is 29.2 Å². The lowest BCUT2D eigenvalue weighted by molar-refractivity contribution is -0.150. The number of hydrogen-bond donors (Lipinski definition) is 4. The van der Waals surface area contributed by atoms with Crippen LogP contribution >= 0.6 is 58.6 Å². The van der Waals surface area contributed by atoms with E-state index in [0.717, 1.165) is 11.3 Å². The number of aliphatic hydroxyl groups excluding tert-OH is 1. The van der Waals surface area contributed by atoms with Gasteiger partial charge in [-0.3, -0.25) is 14.5 Å². The van der Waals surface area contributed by atoms with Crippen LogP contribution in [0.3, 0.4) is 0 Å². The number of nitrogens with one attached hydrogen (secondary N) is 1. The van der Waals surface area contributed by atoms with Gasteiger partial charge in [0.05, 0.1) is 6.61 Å². The number of anilines is 1. The zero-order valence-corrected chi connectivity index (χ0v) is 21.6. The second-order valence-corrected chi connectivity index (χ2v) is 10.7. The summed E-state index contributed by atoms with van der Waals surface area (Å²) in [5, 5.41) is 33.8. The third kappa shape index (κ3) is 5.87. The van der Waals surface area contributed by atoms with Gasteiger partial charge in [0.25, 0.3) is 11.8 Å². The number of amides is 2. The molecule has 0 radical (unpaired) electrons. The molecule has 2 atom stereocenters. The number of nitrogens with two attached hydrogens (primary N) is 1. The number of nitrogen functional groups attached to an aromatic ring is 1. The number of carbonyl (C=O) groups is 3. The van der Waals surface area contributed by atoms with Crippen LogP contribution in [0.4, 0.5) is 5.13 Å². The first kappa shape index (κ1) is 27.2. The molecule has 0 spiro atoms. The summed E-state index contributed by atoms with van der Waals surface area (Å²) in [6.07, 6.45) is 0. The minimum Gasteiger partial charge on any atom is -0.477 e. The highest BCUT2D eigenvalue weighted by atomic mass is 35.5. The number of aliphatic hydroxyl groups is 1. The highest BCUT2D eigenvalue weighted by Crippen LogP contribution is 2.41. The van der Waals surface area contributed by atoms with Crippen LogP contribution in [0, 0.1) is 0 Å². The molecule has 2 aliphatic heterocycles. The third-order valence-electron chi connectivity index (χ3n) is 4.56. The van der Waals surface area contributed by atoms with Crippen molar-refractivity contribution in [3.63, 3.8) is 0 Å². The van der Waals surface area contributed by atoms with E-state index in [1.807, 2.05) is 0 Å². The van der Waals surface area contributed by atoms with Gasteiger partial charge in [-0.15, -0.1) is 45.7 Å². The van der Waals surface area contributed by atoms with Crippen LogP contribution in [0.2, 0.25) is 0 Å². The molecule has 4 heterocycles. The quantitative estimate of drug-likeness (QED) is 0.0986. The number of rotatable bonds is 10. The number of carbonyl (C=O) groups excluding carboxylic acids is 2. The molecule has 1 unspecified atom stereocenters. The fourth-order valence-corrected chi connectivity index (χ4v) is 6.65. The summed E-state index contributed by atoms with van der Waals surface area (Å²) in [6.45, 7) is -0.452. The molecule has 2 aromatic rings. The van der Waals surface area contributed by atoms with Crippen LogP contribution in [-0.2, 0) is 19.2 Å². The number of aliphatic carboxylic acids is 1. The van der Waals surface area contributed by atoms with E-state index in [1.54, 1.807) is 5.51 Å². The Balaban J connectivity index is 0.00000342. The van der Waals surface area contributed by atoms with E-state index in [1.165, 1.54) is 45.1 Å². The number of carboxylic acids is 1. The highest BCUT2D eigenvalue weighted by Gasteiger charge is 2.54. The molecule has 5 N–H and O–H groups in total. The molecule has 4 rings (SSSR count). The first-order valence-corrected chi connectivity index (χ1v) is 13.3. The van der Waals surface area contributed by atoms with Crippen LogP contribution in [0.25, 0.3) is 0 Å². The molecular formula is C17H18ClN7O6S4. The Labute approximate surface area is 220 Å². The second kappa shape index (κ2) is 12.0. The first-order valence-electron chi connectivity index (χ1n) is 9.52. The van der Waals surface area contributed by atoms with Gasteiger partial charge in [-0.2, -0.15) is 0 Å². The fraction of sp³-hybridized carbons (Fsp3) is 0.353. The van der Waals surface area contributed by atoms with E-state index in [9.17, 15) is 19.5 Å². The van der Waals surface area contributed by atoms with Gasteiger partial charge in [0.15, 0.2) is 15.2 Å². The number of thiazole rings is 1. The van der Waals surface area contributed by atoms with Crippen LogP contribution < -0.4 is 11.1 Å². The number of carboxylic acid groups (broad SMARTS) is 1. The SMILES string of the molecule is Cl.Nc1nc(/C(=N/OCCO)C(=O)NC2C(=O)N3C(C(=O)O)=C(CSc4nncs4)CS[C@H]23)cs1. The van der Waals surface area contributed by atoms with E-state index in [4.69, 9.17) is 15.7 Å². The Kier molecular flexibility index (Phi) is 9.31. The number of hydrogen-bond acceptors (Lipinski definition) is 14. The van der Waals surface area contributed by atoms with Crippen LogP contribution in [-0.4, -0.2) is 89.9 Å². The summed E-state index contributed by atoms with van der Waals surface area (Å²) >= 11 is 5.14. The van der Waals surface area contributed by atoms with Crippen molar-refractivity contribution in [3.8, 4) is 0 Å². The van der Waals surface area contributed by atoms with Crippen molar-refractivity contribution in [1.29, 1.82) is 0 Å². The number of nitrogens with zero attached hydrogens (tertiary/aromatic N) is 5. The first-order chi connectivity index (χ1) is 16.4. The van der Waals surface area contributed by atoms with E-state index in [2.05, 4.69) is 25.7 Å². The molecule has 0 saturated carbocycles. The molecule has 0 aliphatic carbocycles. The van der Waals surface area contributed by atoms with Gasteiger partial charge in [0.1, 0.15) is 34.9 Å². The summed E-state index contributed by atoms with van der Waals surface area (Å²) in [5.74, 6) is -1.78. The average molecular weight is 580 g/mol. The molecule has 35 heavy (non-hydrogen) atoms. The lowest BCUT2D eigenvalue weighted by Gasteiger charge is -2.49. The number of β-lactam (4-membered cyclic amide) rings is 1. The predicted octanol–water partition coefficient (Wildman–Crippen LogP) is 0.242. The summed E-state index contributed by atoms with van der Waals surface area (Å²) in [5.41, 5.74) is 7.67. The summed E-state index contributed by atoms with van der Waals surface area (Å²) in [6, 6.07) is -0.955.